The summed E-state index contributed by atoms with van der Waals surface area (Å²) in [5, 5.41) is 2.61. The van der Waals surface area contributed by atoms with E-state index in [0.29, 0.717) is 12.3 Å². The van der Waals surface area contributed by atoms with E-state index in [9.17, 15) is 13.2 Å². The van der Waals surface area contributed by atoms with Gasteiger partial charge in [-0.3, -0.25) is 4.79 Å². The first-order chi connectivity index (χ1) is 10.4. The van der Waals surface area contributed by atoms with Gasteiger partial charge in [-0.25, -0.2) is 8.42 Å². The molecule has 2 rings (SSSR count). The number of anilines is 1. The van der Waals surface area contributed by atoms with Gasteiger partial charge in [-0.05, 0) is 23.8 Å². The average molecular weight is 319 g/mol. The summed E-state index contributed by atoms with van der Waals surface area (Å²) in [7, 11) is -3.30. The first kappa shape index (κ1) is 16.2. The number of rotatable bonds is 6. The van der Waals surface area contributed by atoms with Crippen LogP contribution < -0.4 is 5.32 Å². The summed E-state index contributed by atoms with van der Waals surface area (Å²) in [6.07, 6.45) is 1.12. The number of carbonyl (C=O) groups is 1. The lowest BCUT2D eigenvalue weighted by atomic mass is 10.2. The number of benzene rings is 2. The van der Waals surface area contributed by atoms with Crippen LogP contribution in [0, 0.1) is 0 Å². The Morgan fingerprint density at radius 2 is 1.82 bits per heavy atom. The lowest BCUT2D eigenvalue weighted by molar-refractivity contribution is -0.121. The highest BCUT2D eigenvalue weighted by Gasteiger charge is 2.09. The molecule has 0 atom stereocenters. The molecule has 6 heteroatoms. The topological polar surface area (TPSA) is 72.5 Å². The standard InChI is InChI=1S/C16H17NO4S/c1-22(19,20)15-9-5-8-14(10-15)17-16(18)12-21-11-13-6-3-2-4-7-13/h2-10H,11-12H2,1H3,(H,17,18). The molecule has 2 aromatic rings. The SMILES string of the molecule is CS(=O)(=O)c1cccc(NC(=O)COCc2ccccc2)c1. The van der Waals surface area contributed by atoms with E-state index in [4.69, 9.17) is 4.74 Å². The van der Waals surface area contributed by atoms with E-state index in [1.807, 2.05) is 30.3 Å². The first-order valence-corrected chi connectivity index (χ1v) is 8.56. The summed E-state index contributed by atoms with van der Waals surface area (Å²) in [6, 6.07) is 15.6. The van der Waals surface area contributed by atoms with Crippen molar-refractivity contribution >= 4 is 21.4 Å². The van der Waals surface area contributed by atoms with Crippen molar-refractivity contribution in [3.8, 4) is 0 Å². The van der Waals surface area contributed by atoms with Crippen LogP contribution in [0.1, 0.15) is 5.56 Å². The lowest BCUT2D eigenvalue weighted by Gasteiger charge is -2.07. The molecule has 0 aromatic heterocycles. The Balaban J connectivity index is 1.87. The van der Waals surface area contributed by atoms with E-state index in [0.717, 1.165) is 11.8 Å². The highest BCUT2D eigenvalue weighted by molar-refractivity contribution is 7.90. The van der Waals surface area contributed by atoms with Crippen molar-refractivity contribution in [2.75, 3.05) is 18.2 Å². The summed E-state index contributed by atoms with van der Waals surface area (Å²) in [5.74, 6) is -0.332. The van der Waals surface area contributed by atoms with E-state index in [2.05, 4.69) is 5.32 Å². The molecule has 1 amide bonds. The van der Waals surface area contributed by atoms with Crippen molar-refractivity contribution in [2.45, 2.75) is 11.5 Å². The quantitative estimate of drug-likeness (QED) is 0.886. The second-order valence-electron chi connectivity index (χ2n) is 4.83. The normalized spacial score (nSPS) is 11.1. The fraction of sp³-hybridized carbons (Fsp3) is 0.188. The molecule has 0 saturated carbocycles. The summed E-state index contributed by atoms with van der Waals surface area (Å²) in [5.41, 5.74) is 1.41. The molecule has 0 aliphatic carbocycles. The van der Waals surface area contributed by atoms with Crippen LogP contribution in [0.3, 0.4) is 0 Å². The maximum absolute atomic E-state index is 11.8. The number of amides is 1. The van der Waals surface area contributed by atoms with Crippen molar-refractivity contribution in [1.82, 2.24) is 0 Å². The lowest BCUT2D eigenvalue weighted by Crippen LogP contribution is -2.18. The zero-order valence-electron chi connectivity index (χ0n) is 12.2. The summed E-state index contributed by atoms with van der Waals surface area (Å²) >= 11 is 0. The Morgan fingerprint density at radius 1 is 1.09 bits per heavy atom. The van der Waals surface area contributed by atoms with Crippen LogP contribution in [-0.2, 0) is 26.0 Å². The zero-order chi connectivity index (χ0) is 16.0. The summed E-state index contributed by atoms with van der Waals surface area (Å²) < 4.78 is 28.2. The average Bonchev–Trinajstić information content (AvgIpc) is 2.48. The predicted octanol–water partition coefficient (Wildman–Crippen LogP) is 2.25. The van der Waals surface area contributed by atoms with Crippen LogP contribution in [-0.4, -0.2) is 27.2 Å². The van der Waals surface area contributed by atoms with E-state index in [-0.39, 0.29) is 17.4 Å². The molecule has 0 fully saturated rings. The van der Waals surface area contributed by atoms with Gasteiger partial charge in [-0.2, -0.15) is 0 Å². The molecule has 116 valence electrons. The van der Waals surface area contributed by atoms with E-state index in [1.165, 1.54) is 12.1 Å². The van der Waals surface area contributed by atoms with Crippen LogP contribution in [0.25, 0.3) is 0 Å². The molecule has 0 heterocycles. The Bertz CT molecular complexity index is 742. The maximum atomic E-state index is 11.8. The minimum Gasteiger partial charge on any atom is -0.367 e. The number of ether oxygens (including phenoxy) is 1. The number of hydrogen-bond donors (Lipinski definition) is 1. The Morgan fingerprint density at radius 3 is 2.50 bits per heavy atom. The van der Waals surface area contributed by atoms with E-state index >= 15 is 0 Å². The van der Waals surface area contributed by atoms with Crippen molar-refractivity contribution in [1.29, 1.82) is 0 Å². The molecule has 5 nitrogen and oxygen atoms in total. The maximum Gasteiger partial charge on any atom is 0.250 e. The second kappa shape index (κ2) is 7.20. The third-order valence-electron chi connectivity index (χ3n) is 2.89. The van der Waals surface area contributed by atoms with Gasteiger partial charge in [0.05, 0.1) is 11.5 Å². The molecule has 0 spiro atoms. The van der Waals surface area contributed by atoms with Gasteiger partial charge in [0, 0.05) is 11.9 Å². The van der Waals surface area contributed by atoms with Crippen molar-refractivity contribution in [3.63, 3.8) is 0 Å². The molecule has 0 bridgehead atoms. The number of nitrogens with one attached hydrogen (secondary N) is 1. The molecular weight excluding hydrogens is 302 g/mol. The monoisotopic (exact) mass is 319 g/mol. The van der Waals surface area contributed by atoms with Gasteiger partial charge in [0.2, 0.25) is 5.91 Å². The zero-order valence-corrected chi connectivity index (χ0v) is 13.0. The minimum absolute atomic E-state index is 0.0992. The number of sulfone groups is 1. The smallest absolute Gasteiger partial charge is 0.250 e. The Kier molecular flexibility index (Phi) is 5.30. The third-order valence-corrected chi connectivity index (χ3v) is 4.00. The van der Waals surface area contributed by atoms with Crippen molar-refractivity contribution in [3.05, 3.63) is 60.2 Å². The Labute approximate surface area is 129 Å². The van der Waals surface area contributed by atoms with Gasteiger partial charge < -0.3 is 10.1 Å². The largest absolute Gasteiger partial charge is 0.367 e. The van der Waals surface area contributed by atoms with Gasteiger partial charge in [0.1, 0.15) is 6.61 Å². The molecule has 0 radical (unpaired) electrons. The van der Waals surface area contributed by atoms with Gasteiger partial charge in [0.15, 0.2) is 9.84 Å². The highest BCUT2D eigenvalue weighted by Crippen LogP contribution is 2.15. The van der Waals surface area contributed by atoms with Gasteiger partial charge in [-0.15, -0.1) is 0 Å². The first-order valence-electron chi connectivity index (χ1n) is 6.67. The number of carbonyl (C=O) groups excluding carboxylic acids is 1. The molecule has 0 unspecified atom stereocenters. The molecule has 0 aliphatic heterocycles. The molecule has 22 heavy (non-hydrogen) atoms. The highest BCUT2D eigenvalue weighted by atomic mass is 32.2. The molecule has 2 aromatic carbocycles. The molecule has 0 aliphatic rings. The van der Waals surface area contributed by atoms with Crippen LogP contribution in [0.4, 0.5) is 5.69 Å². The van der Waals surface area contributed by atoms with E-state index < -0.39 is 9.84 Å². The fourth-order valence-corrected chi connectivity index (χ4v) is 2.50. The Hall–Kier alpha value is -2.18. The van der Waals surface area contributed by atoms with E-state index in [1.54, 1.807) is 12.1 Å². The molecule has 0 saturated heterocycles. The minimum atomic E-state index is -3.30. The van der Waals surface area contributed by atoms with Gasteiger partial charge in [0.25, 0.3) is 0 Å². The molecular formula is C16H17NO4S. The van der Waals surface area contributed by atoms with Crippen LogP contribution in [0.5, 0.6) is 0 Å². The van der Waals surface area contributed by atoms with Gasteiger partial charge in [-0.1, -0.05) is 36.4 Å². The number of hydrogen-bond acceptors (Lipinski definition) is 4. The van der Waals surface area contributed by atoms with Crippen LogP contribution in [0.2, 0.25) is 0 Å². The van der Waals surface area contributed by atoms with Crippen molar-refractivity contribution in [2.24, 2.45) is 0 Å². The summed E-state index contributed by atoms with van der Waals surface area (Å²) in [4.78, 5) is 11.9. The summed E-state index contributed by atoms with van der Waals surface area (Å²) in [6.45, 7) is 0.246. The van der Waals surface area contributed by atoms with Gasteiger partial charge >= 0.3 is 0 Å². The van der Waals surface area contributed by atoms with Crippen molar-refractivity contribution < 1.29 is 17.9 Å². The fourth-order valence-electron chi connectivity index (χ4n) is 1.84. The second-order valence-corrected chi connectivity index (χ2v) is 6.84. The van der Waals surface area contributed by atoms with Crippen LogP contribution in [0.15, 0.2) is 59.5 Å². The third kappa shape index (κ3) is 4.98. The van der Waals surface area contributed by atoms with Crippen LogP contribution >= 0.6 is 0 Å². The molecule has 1 N–H and O–H groups in total. The predicted molar refractivity (Wildman–Crippen MR) is 84.3 cm³/mol.